The second kappa shape index (κ2) is 5.42. The van der Waals surface area contributed by atoms with E-state index in [9.17, 15) is 14.8 Å². The number of rotatable bonds is 3. The molecule has 2 rings (SSSR count). The van der Waals surface area contributed by atoms with Crippen molar-refractivity contribution < 1.29 is 14.8 Å². The van der Waals surface area contributed by atoms with Gasteiger partial charge in [0.15, 0.2) is 17.0 Å². The van der Waals surface area contributed by atoms with Gasteiger partial charge in [0.1, 0.15) is 12.7 Å². The first-order valence-electron chi connectivity index (χ1n) is 6.11. The molecule has 1 atom stereocenters. The van der Waals surface area contributed by atoms with Crippen LogP contribution in [-0.4, -0.2) is 42.7 Å². The Hall–Kier alpha value is -2.59. The lowest BCUT2D eigenvalue weighted by atomic mass is 10.1. The molecule has 0 saturated heterocycles. The third-order valence-electron chi connectivity index (χ3n) is 2.96. The van der Waals surface area contributed by atoms with Crippen molar-refractivity contribution in [3.63, 3.8) is 0 Å². The molecule has 10 nitrogen and oxygen atoms in total. The molecule has 2 aromatic heterocycles. The Balaban J connectivity index is 2.47. The number of imidazole rings is 1. The number of amides is 2. The molecule has 0 aliphatic rings. The quantitative estimate of drug-likeness (QED) is 0.507. The van der Waals surface area contributed by atoms with Gasteiger partial charge in [0.25, 0.3) is 5.91 Å². The Bertz CT molecular complexity index is 696. The fourth-order valence-corrected chi connectivity index (χ4v) is 1.67. The Morgan fingerprint density at radius 3 is 2.57 bits per heavy atom. The zero-order valence-electron chi connectivity index (χ0n) is 11.5. The van der Waals surface area contributed by atoms with E-state index < -0.39 is 18.0 Å². The van der Waals surface area contributed by atoms with E-state index >= 15 is 0 Å². The van der Waals surface area contributed by atoms with E-state index in [0.717, 1.165) is 17.2 Å². The van der Waals surface area contributed by atoms with Crippen molar-refractivity contribution in [2.75, 3.05) is 5.06 Å². The van der Waals surface area contributed by atoms with Gasteiger partial charge >= 0.3 is 6.03 Å². The van der Waals surface area contributed by atoms with Crippen molar-refractivity contribution in [3.05, 3.63) is 12.7 Å². The van der Waals surface area contributed by atoms with Crippen molar-refractivity contribution in [1.29, 1.82) is 0 Å². The smallest absolute Gasteiger partial charge is 0.325 e. The van der Waals surface area contributed by atoms with Crippen molar-refractivity contribution in [3.8, 4) is 0 Å². The lowest BCUT2D eigenvalue weighted by molar-refractivity contribution is -0.125. The first kappa shape index (κ1) is 14.8. The summed E-state index contributed by atoms with van der Waals surface area (Å²) >= 11 is 0. The number of hydrogen-bond acceptors (Lipinski definition) is 7. The maximum absolute atomic E-state index is 12.0. The molecule has 0 radical (unpaired) electrons. The standard InChI is InChI=1S/C11H15N7O3/c1-5(2)6(12)10(19)18(21)9-7-8(14-3-15-9)17(4-16-7)11(13)20/h3-6,21H,12H2,1-2H3,(H2,13,20)/t6-/m0/s1. The highest BCUT2D eigenvalue weighted by atomic mass is 16.5. The summed E-state index contributed by atoms with van der Waals surface area (Å²) in [4.78, 5) is 34.8. The molecular formula is C11H15N7O3. The molecule has 2 heterocycles. The first-order chi connectivity index (χ1) is 9.84. The van der Waals surface area contributed by atoms with Crippen LogP contribution in [0.3, 0.4) is 0 Å². The van der Waals surface area contributed by atoms with Crippen molar-refractivity contribution in [2.24, 2.45) is 17.4 Å². The number of hydroxylamine groups is 1. The molecule has 0 fully saturated rings. The van der Waals surface area contributed by atoms with E-state index in [-0.39, 0.29) is 22.9 Å². The Labute approximate surface area is 119 Å². The molecule has 0 unspecified atom stereocenters. The zero-order valence-corrected chi connectivity index (χ0v) is 11.5. The number of carbonyl (C=O) groups excluding carboxylic acids is 2. The minimum Gasteiger partial charge on any atom is -0.351 e. The second-order valence-electron chi connectivity index (χ2n) is 4.74. The predicted molar refractivity (Wildman–Crippen MR) is 72.4 cm³/mol. The number of carbonyl (C=O) groups is 2. The van der Waals surface area contributed by atoms with Gasteiger partial charge in [0.2, 0.25) is 0 Å². The van der Waals surface area contributed by atoms with E-state index in [0.29, 0.717) is 5.06 Å². The minimum absolute atomic E-state index is 0.0584. The van der Waals surface area contributed by atoms with Gasteiger partial charge in [-0.3, -0.25) is 10.0 Å². The molecule has 0 saturated carbocycles. The van der Waals surface area contributed by atoms with Crippen LogP contribution in [0.5, 0.6) is 0 Å². The molecule has 5 N–H and O–H groups in total. The van der Waals surface area contributed by atoms with Gasteiger partial charge in [-0.05, 0) is 5.92 Å². The number of hydrogen-bond donors (Lipinski definition) is 3. The Kier molecular flexibility index (Phi) is 3.82. The summed E-state index contributed by atoms with van der Waals surface area (Å²) < 4.78 is 0.973. The van der Waals surface area contributed by atoms with Crippen LogP contribution in [0.4, 0.5) is 10.6 Å². The lowest BCUT2D eigenvalue weighted by Crippen LogP contribution is -2.45. The number of primary amides is 1. The highest BCUT2D eigenvalue weighted by molar-refractivity contribution is 6.00. The summed E-state index contributed by atoms with van der Waals surface area (Å²) in [6.07, 6.45) is 2.21. The number of anilines is 1. The predicted octanol–water partition coefficient (Wildman–Crippen LogP) is -0.541. The number of fused-ring (bicyclic) bond motifs is 1. The van der Waals surface area contributed by atoms with Crippen LogP contribution in [0.15, 0.2) is 12.7 Å². The van der Waals surface area contributed by atoms with Crippen LogP contribution < -0.4 is 16.5 Å². The molecule has 112 valence electrons. The van der Waals surface area contributed by atoms with Gasteiger partial charge in [-0.15, -0.1) is 0 Å². The van der Waals surface area contributed by atoms with Crippen LogP contribution >= 0.6 is 0 Å². The van der Waals surface area contributed by atoms with Crippen molar-refractivity contribution >= 4 is 28.9 Å². The van der Waals surface area contributed by atoms with Gasteiger partial charge in [-0.2, -0.15) is 5.06 Å². The topological polar surface area (TPSA) is 153 Å². The molecule has 0 aliphatic heterocycles. The van der Waals surface area contributed by atoms with Gasteiger partial charge in [0.05, 0.1) is 6.04 Å². The molecule has 10 heteroatoms. The summed E-state index contributed by atoms with van der Waals surface area (Å²) in [5.74, 6) is -1.08. The van der Waals surface area contributed by atoms with E-state index in [2.05, 4.69) is 15.0 Å². The molecule has 0 aliphatic carbocycles. The molecule has 0 bridgehead atoms. The third kappa shape index (κ3) is 2.53. The van der Waals surface area contributed by atoms with Crippen LogP contribution in [0, 0.1) is 5.92 Å². The van der Waals surface area contributed by atoms with Crippen LogP contribution in [0.25, 0.3) is 11.2 Å². The highest BCUT2D eigenvalue weighted by Crippen LogP contribution is 2.21. The maximum atomic E-state index is 12.0. The monoisotopic (exact) mass is 293 g/mol. The molecule has 2 amide bonds. The van der Waals surface area contributed by atoms with E-state index in [1.54, 1.807) is 13.8 Å². The molecule has 0 aromatic carbocycles. The maximum Gasteiger partial charge on any atom is 0.325 e. The van der Waals surface area contributed by atoms with E-state index in [1.165, 1.54) is 0 Å². The second-order valence-corrected chi connectivity index (χ2v) is 4.74. The van der Waals surface area contributed by atoms with Crippen LogP contribution in [0.1, 0.15) is 13.8 Å². The third-order valence-corrected chi connectivity index (χ3v) is 2.96. The lowest BCUT2D eigenvalue weighted by Gasteiger charge is -2.20. The number of nitrogens with two attached hydrogens (primary N) is 2. The normalized spacial score (nSPS) is 12.6. The van der Waals surface area contributed by atoms with Gasteiger partial charge < -0.3 is 11.5 Å². The summed E-state index contributed by atoms with van der Waals surface area (Å²) in [6, 6.07) is -1.70. The highest BCUT2D eigenvalue weighted by Gasteiger charge is 2.27. The summed E-state index contributed by atoms with van der Waals surface area (Å²) in [5.41, 5.74) is 11.0. The molecular weight excluding hydrogens is 278 g/mol. The van der Waals surface area contributed by atoms with E-state index in [4.69, 9.17) is 11.5 Å². The van der Waals surface area contributed by atoms with Gasteiger partial charge in [-0.1, -0.05) is 13.8 Å². The largest absolute Gasteiger partial charge is 0.351 e. The summed E-state index contributed by atoms with van der Waals surface area (Å²) in [7, 11) is 0. The zero-order chi connectivity index (χ0) is 15.7. The van der Waals surface area contributed by atoms with Gasteiger partial charge in [-0.25, -0.2) is 24.3 Å². The SMILES string of the molecule is CC(C)[C@H](N)C(=O)N(O)c1ncnc2c1ncn2C(N)=O. The average Bonchev–Trinajstić information content (AvgIpc) is 2.88. The van der Waals surface area contributed by atoms with E-state index in [1.807, 2.05) is 0 Å². The first-order valence-corrected chi connectivity index (χ1v) is 6.11. The number of nitrogens with zero attached hydrogens (tertiary/aromatic N) is 5. The Morgan fingerprint density at radius 1 is 1.33 bits per heavy atom. The molecule has 2 aromatic rings. The fraction of sp³-hybridized carbons (Fsp3) is 0.364. The van der Waals surface area contributed by atoms with Crippen molar-refractivity contribution in [1.82, 2.24) is 19.5 Å². The number of aromatic nitrogens is 4. The fourth-order valence-electron chi connectivity index (χ4n) is 1.67. The van der Waals surface area contributed by atoms with Gasteiger partial charge in [0, 0.05) is 0 Å². The van der Waals surface area contributed by atoms with Crippen molar-refractivity contribution in [2.45, 2.75) is 19.9 Å². The minimum atomic E-state index is -0.904. The molecule has 21 heavy (non-hydrogen) atoms. The average molecular weight is 293 g/mol. The summed E-state index contributed by atoms with van der Waals surface area (Å²) in [5, 5.41) is 10.3. The molecule has 0 spiro atoms. The summed E-state index contributed by atoms with van der Waals surface area (Å²) in [6.45, 7) is 3.49. The van der Waals surface area contributed by atoms with Crippen LogP contribution in [0.2, 0.25) is 0 Å². The van der Waals surface area contributed by atoms with Crippen LogP contribution in [-0.2, 0) is 4.79 Å². The Morgan fingerprint density at radius 2 is 2.00 bits per heavy atom.